The zero-order chi connectivity index (χ0) is 18.6. The van der Waals surface area contributed by atoms with Crippen LogP contribution in [0.4, 0.5) is 5.69 Å². The Hall–Kier alpha value is -1.51. The molecule has 1 aromatic carbocycles. The Morgan fingerprint density at radius 1 is 0.846 bits per heavy atom. The van der Waals surface area contributed by atoms with Crippen molar-refractivity contribution in [2.24, 2.45) is 5.10 Å². The summed E-state index contributed by atoms with van der Waals surface area (Å²) in [5, 5.41) is 4.55. The molecule has 1 aliphatic heterocycles. The third-order valence-electron chi connectivity index (χ3n) is 5.46. The highest BCUT2D eigenvalue weighted by atomic mass is 15.5. The van der Waals surface area contributed by atoms with Crippen LogP contribution in [0.5, 0.6) is 0 Å². The number of rotatable bonds is 13. The number of nitrogens with one attached hydrogen (secondary N) is 1. The van der Waals surface area contributed by atoms with Gasteiger partial charge in [0.2, 0.25) is 0 Å². The zero-order valence-electron chi connectivity index (χ0n) is 17.3. The van der Waals surface area contributed by atoms with Gasteiger partial charge in [-0.25, -0.2) is 0 Å². The lowest BCUT2D eigenvalue weighted by Gasteiger charge is -2.23. The minimum atomic E-state index is 0.805. The first kappa shape index (κ1) is 20.8. The topological polar surface area (TPSA) is 27.6 Å². The lowest BCUT2D eigenvalue weighted by Crippen LogP contribution is -2.30. The molecule has 1 heterocycles. The Balaban J connectivity index is 1.59. The number of nitrogens with zero attached hydrogens (tertiary/aromatic N) is 2. The molecule has 3 nitrogen and oxygen atoms in total. The van der Waals surface area contributed by atoms with Gasteiger partial charge in [0.05, 0.1) is 0 Å². The predicted octanol–water partition coefficient (Wildman–Crippen LogP) is 6.69. The lowest BCUT2D eigenvalue weighted by atomic mass is 10.0. The van der Waals surface area contributed by atoms with E-state index < -0.39 is 0 Å². The molecule has 0 spiro atoms. The highest BCUT2D eigenvalue weighted by Gasteiger charge is 2.21. The smallest absolute Gasteiger partial charge is 0.130 e. The van der Waals surface area contributed by atoms with E-state index >= 15 is 0 Å². The second kappa shape index (κ2) is 12.0. The van der Waals surface area contributed by atoms with Gasteiger partial charge in [0.1, 0.15) is 12.5 Å². The van der Waals surface area contributed by atoms with Crippen LogP contribution in [0.25, 0.3) is 0 Å². The van der Waals surface area contributed by atoms with Crippen LogP contribution in [0, 0.1) is 13.8 Å². The van der Waals surface area contributed by atoms with E-state index in [1.807, 2.05) is 0 Å². The molecule has 0 bridgehead atoms. The van der Waals surface area contributed by atoms with E-state index in [0.29, 0.717) is 0 Å². The number of anilines is 1. The van der Waals surface area contributed by atoms with Gasteiger partial charge in [0.15, 0.2) is 0 Å². The Bertz CT molecular complexity index is 530. The van der Waals surface area contributed by atoms with Crippen LogP contribution in [0.1, 0.15) is 95.1 Å². The predicted molar refractivity (Wildman–Crippen MR) is 115 cm³/mol. The normalized spacial score (nSPS) is 13.8. The molecule has 0 aliphatic carbocycles. The number of para-hydroxylation sites is 1. The maximum absolute atomic E-state index is 4.55. The SMILES string of the molecule is CCCCCCCCCCCCCC1=NNCN1c1c(C)cccc1C. The zero-order valence-corrected chi connectivity index (χ0v) is 17.3. The quantitative estimate of drug-likeness (QED) is 0.398. The number of aryl methyl sites for hydroxylation is 2. The number of hydrazone groups is 1. The Kier molecular flexibility index (Phi) is 9.58. The fourth-order valence-electron chi connectivity index (χ4n) is 3.93. The second-order valence-corrected chi connectivity index (χ2v) is 7.80. The van der Waals surface area contributed by atoms with Crippen molar-refractivity contribution >= 4 is 11.5 Å². The number of benzene rings is 1. The Morgan fingerprint density at radius 3 is 1.96 bits per heavy atom. The molecule has 1 N–H and O–H groups in total. The molecule has 0 unspecified atom stereocenters. The van der Waals surface area contributed by atoms with Crippen molar-refractivity contribution in [3.63, 3.8) is 0 Å². The molecule has 1 aliphatic rings. The fourth-order valence-corrected chi connectivity index (χ4v) is 3.93. The maximum Gasteiger partial charge on any atom is 0.130 e. The van der Waals surface area contributed by atoms with Gasteiger partial charge >= 0.3 is 0 Å². The minimum Gasteiger partial charge on any atom is -0.308 e. The summed E-state index contributed by atoms with van der Waals surface area (Å²) in [7, 11) is 0. The highest BCUT2D eigenvalue weighted by Crippen LogP contribution is 2.27. The van der Waals surface area contributed by atoms with Gasteiger partial charge in [-0.05, 0) is 31.4 Å². The van der Waals surface area contributed by atoms with Crippen molar-refractivity contribution in [1.29, 1.82) is 0 Å². The molecule has 2 rings (SSSR count). The highest BCUT2D eigenvalue weighted by molar-refractivity contribution is 6.00. The summed E-state index contributed by atoms with van der Waals surface area (Å²) in [6, 6.07) is 6.53. The largest absolute Gasteiger partial charge is 0.308 e. The first-order chi connectivity index (χ1) is 12.7. The summed E-state index contributed by atoms with van der Waals surface area (Å²) in [5.74, 6) is 1.21. The molecular formula is C23H39N3. The van der Waals surface area contributed by atoms with E-state index in [1.165, 1.54) is 93.3 Å². The van der Waals surface area contributed by atoms with Crippen molar-refractivity contribution in [2.75, 3.05) is 11.6 Å². The molecule has 0 fully saturated rings. The van der Waals surface area contributed by atoms with Gasteiger partial charge in [-0.3, -0.25) is 5.43 Å². The third-order valence-corrected chi connectivity index (χ3v) is 5.46. The summed E-state index contributed by atoms with van der Waals surface area (Å²) in [6.07, 6.45) is 16.4. The molecule has 0 amide bonds. The van der Waals surface area contributed by atoms with Crippen LogP contribution in [0.15, 0.2) is 23.3 Å². The summed E-state index contributed by atoms with van der Waals surface area (Å²) in [6.45, 7) is 7.48. The van der Waals surface area contributed by atoms with Gasteiger partial charge in [-0.1, -0.05) is 89.3 Å². The summed E-state index contributed by atoms with van der Waals surface area (Å²) < 4.78 is 0. The van der Waals surface area contributed by atoms with Gasteiger partial charge in [0.25, 0.3) is 0 Å². The molecule has 1 aromatic rings. The molecular weight excluding hydrogens is 318 g/mol. The van der Waals surface area contributed by atoms with Gasteiger partial charge in [-0.2, -0.15) is 5.10 Å². The average molecular weight is 358 g/mol. The van der Waals surface area contributed by atoms with E-state index in [9.17, 15) is 0 Å². The van der Waals surface area contributed by atoms with Gasteiger partial charge in [0, 0.05) is 12.1 Å². The van der Waals surface area contributed by atoms with Crippen LogP contribution in [-0.2, 0) is 0 Å². The first-order valence-electron chi connectivity index (χ1n) is 10.9. The van der Waals surface area contributed by atoms with Crippen LogP contribution in [0.3, 0.4) is 0 Å². The summed E-state index contributed by atoms with van der Waals surface area (Å²) >= 11 is 0. The van der Waals surface area contributed by atoms with Gasteiger partial charge in [-0.15, -0.1) is 0 Å². The van der Waals surface area contributed by atoms with Crippen molar-refractivity contribution in [2.45, 2.75) is 97.8 Å². The number of amidine groups is 1. The minimum absolute atomic E-state index is 0.805. The van der Waals surface area contributed by atoms with Crippen LogP contribution in [0.2, 0.25) is 0 Å². The van der Waals surface area contributed by atoms with E-state index in [1.54, 1.807) is 0 Å². The fraction of sp³-hybridized carbons (Fsp3) is 0.696. The molecule has 0 radical (unpaired) electrons. The molecule has 0 saturated heterocycles. The summed E-state index contributed by atoms with van der Waals surface area (Å²) in [5.41, 5.74) is 7.18. The third kappa shape index (κ3) is 6.66. The summed E-state index contributed by atoms with van der Waals surface area (Å²) in [4.78, 5) is 2.36. The standard InChI is InChI=1S/C23H39N3/c1-4-5-6-7-8-9-10-11-12-13-14-18-22-25-24-19-26(22)23-20(2)16-15-17-21(23)3/h15-17,24H,4-14,18-19H2,1-3H3. The van der Waals surface area contributed by atoms with Crippen LogP contribution < -0.4 is 10.3 Å². The molecule has 3 heteroatoms. The van der Waals surface area contributed by atoms with Crippen molar-refractivity contribution in [3.05, 3.63) is 29.3 Å². The number of unbranched alkanes of at least 4 members (excludes halogenated alkanes) is 10. The molecule has 26 heavy (non-hydrogen) atoms. The van der Waals surface area contributed by atoms with E-state index in [-0.39, 0.29) is 0 Å². The first-order valence-corrected chi connectivity index (χ1v) is 10.9. The molecule has 0 atom stereocenters. The van der Waals surface area contributed by atoms with Crippen molar-refractivity contribution in [1.82, 2.24) is 5.43 Å². The average Bonchev–Trinajstić information content (AvgIpc) is 3.08. The van der Waals surface area contributed by atoms with E-state index in [0.717, 1.165) is 13.1 Å². The molecule has 146 valence electrons. The lowest BCUT2D eigenvalue weighted by molar-refractivity contribution is 0.551. The van der Waals surface area contributed by atoms with Gasteiger partial charge < -0.3 is 4.90 Å². The Morgan fingerprint density at radius 2 is 1.38 bits per heavy atom. The Labute approximate surface area is 161 Å². The number of hydrogen-bond acceptors (Lipinski definition) is 3. The molecule has 0 aromatic heterocycles. The van der Waals surface area contributed by atoms with Crippen LogP contribution >= 0.6 is 0 Å². The van der Waals surface area contributed by atoms with E-state index in [4.69, 9.17) is 0 Å². The monoisotopic (exact) mass is 357 g/mol. The van der Waals surface area contributed by atoms with Crippen molar-refractivity contribution in [3.8, 4) is 0 Å². The van der Waals surface area contributed by atoms with E-state index in [2.05, 4.69) is 54.4 Å². The van der Waals surface area contributed by atoms with Crippen LogP contribution in [-0.4, -0.2) is 12.5 Å². The molecule has 0 saturated carbocycles. The maximum atomic E-state index is 4.55. The van der Waals surface area contributed by atoms with Crippen molar-refractivity contribution < 1.29 is 0 Å². The number of hydrogen-bond donors (Lipinski definition) is 1. The second-order valence-electron chi connectivity index (χ2n) is 7.80.